The van der Waals surface area contributed by atoms with Crippen molar-refractivity contribution in [2.24, 2.45) is 22.2 Å². The van der Waals surface area contributed by atoms with Gasteiger partial charge in [0.2, 0.25) is 0 Å². The summed E-state index contributed by atoms with van der Waals surface area (Å²) in [5.41, 5.74) is 0.886. The normalized spacial score (nSPS) is 44.3. The van der Waals surface area contributed by atoms with Crippen LogP contribution in [0.3, 0.4) is 0 Å². The fourth-order valence-electron chi connectivity index (χ4n) is 4.41. The predicted octanol–water partition coefficient (Wildman–Crippen LogP) is 3.07. The second-order valence-electron chi connectivity index (χ2n) is 6.54. The number of carboxylic acid groups (broad SMARTS) is 1. The summed E-state index contributed by atoms with van der Waals surface area (Å²) in [5.74, 6) is -0.577. The van der Waals surface area contributed by atoms with E-state index in [-0.39, 0.29) is 11.3 Å². The van der Waals surface area contributed by atoms with Gasteiger partial charge in [-0.25, -0.2) is 0 Å². The first-order chi connectivity index (χ1) is 6.95. The molecule has 2 heteroatoms. The molecule has 0 radical (unpaired) electrons. The fourth-order valence-corrected chi connectivity index (χ4v) is 4.41. The average molecular weight is 208 g/mol. The van der Waals surface area contributed by atoms with E-state index in [9.17, 15) is 9.90 Å². The van der Waals surface area contributed by atoms with Gasteiger partial charge in [-0.2, -0.15) is 0 Å². The molecule has 0 aromatic carbocycles. The first-order valence-corrected chi connectivity index (χ1v) is 6.18. The molecule has 0 aromatic heterocycles. The maximum Gasteiger partial charge on any atom is 0.307 e. The largest absolute Gasteiger partial charge is 0.481 e. The van der Waals surface area contributed by atoms with Gasteiger partial charge < -0.3 is 5.11 Å². The molecule has 3 aliphatic rings. The van der Waals surface area contributed by atoms with Gasteiger partial charge in [0, 0.05) is 0 Å². The Morgan fingerprint density at radius 1 is 1.13 bits per heavy atom. The molecule has 0 spiro atoms. The third-order valence-corrected chi connectivity index (χ3v) is 5.87. The van der Waals surface area contributed by atoms with Crippen LogP contribution >= 0.6 is 0 Å². The maximum atomic E-state index is 11.2. The molecular weight excluding hydrogens is 188 g/mol. The lowest BCUT2D eigenvalue weighted by Crippen LogP contribution is -2.43. The summed E-state index contributed by atoms with van der Waals surface area (Å²) in [7, 11) is 0. The zero-order valence-electron chi connectivity index (χ0n) is 9.68. The van der Waals surface area contributed by atoms with E-state index in [1.165, 1.54) is 32.1 Å². The Kier molecular flexibility index (Phi) is 1.56. The number of hydrogen-bond donors (Lipinski definition) is 1. The fraction of sp³-hybridized carbons (Fsp3) is 0.923. The molecule has 1 N–H and O–H groups in total. The van der Waals surface area contributed by atoms with Crippen molar-refractivity contribution >= 4 is 5.97 Å². The highest BCUT2D eigenvalue weighted by atomic mass is 16.4. The van der Waals surface area contributed by atoms with Gasteiger partial charge in [0.05, 0.1) is 5.92 Å². The molecule has 3 saturated carbocycles. The van der Waals surface area contributed by atoms with Crippen LogP contribution < -0.4 is 0 Å². The van der Waals surface area contributed by atoms with Gasteiger partial charge in [0.15, 0.2) is 0 Å². The molecule has 0 heterocycles. The summed E-state index contributed by atoms with van der Waals surface area (Å²) in [6, 6.07) is 0. The van der Waals surface area contributed by atoms with Gasteiger partial charge in [-0.05, 0) is 48.3 Å². The minimum absolute atomic E-state index is 0.0321. The molecule has 0 amide bonds. The maximum absolute atomic E-state index is 11.2. The standard InChI is InChI=1S/C13H20O2/c1-11(4-3-5-11)13(12(2)6-7-12)8-9(13)10(14)15/h9H,3-8H2,1-2H3,(H,14,15). The zero-order valence-corrected chi connectivity index (χ0v) is 9.68. The highest BCUT2D eigenvalue weighted by Gasteiger charge is 2.78. The van der Waals surface area contributed by atoms with Crippen molar-refractivity contribution in [1.82, 2.24) is 0 Å². The van der Waals surface area contributed by atoms with Gasteiger partial charge in [-0.15, -0.1) is 0 Å². The molecule has 15 heavy (non-hydrogen) atoms. The third-order valence-electron chi connectivity index (χ3n) is 5.87. The first-order valence-electron chi connectivity index (χ1n) is 6.18. The van der Waals surface area contributed by atoms with E-state index >= 15 is 0 Å². The SMILES string of the molecule is CC1(C2(C3(C)CC3)CC2C(=O)O)CCC1. The van der Waals surface area contributed by atoms with Crippen molar-refractivity contribution in [3.8, 4) is 0 Å². The van der Waals surface area contributed by atoms with E-state index in [2.05, 4.69) is 13.8 Å². The lowest BCUT2D eigenvalue weighted by molar-refractivity contribution is -0.142. The summed E-state index contributed by atoms with van der Waals surface area (Å²) in [4.78, 5) is 11.2. The van der Waals surface area contributed by atoms with Gasteiger partial charge >= 0.3 is 5.97 Å². The van der Waals surface area contributed by atoms with Crippen LogP contribution in [0.5, 0.6) is 0 Å². The molecule has 2 atom stereocenters. The van der Waals surface area contributed by atoms with E-state index in [1.54, 1.807) is 0 Å². The Morgan fingerprint density at radius 2 is 1.67 bits per heavy atom. The first kappa shape index (κ1) is 9.68. The minimum Gasteiger partial charge on any atom is -0.481 e. The van der Waals surface area contributed by atoms with E-state index in [0.29, 0.717) is 10.8 Å². The molecular formula is C13H20O2. The quantitative estimate of drug-likeness (QED) is 0.774. The molecule has 84 valence electrons. The molecule has 2 unspecified atom stereocenters. The minimum atomic E-state index is -0.545. The number of aliphatic carboxylic acids is 1. The van der Waals surface area contributed by atoms with Gasteiger partial charge in [0.1, 0.15) is 0 Å². The Balaban J connectivity index is 1.94. The molecule has 3 rings (SSSR count). The van der Waals surface area contributed by atoms with Crippen LogP contribution in [0.25, 0.3) is 0 Å². The van der Waals surface area contributed by atoms with E-state index in [0.717, 1.165) is 6.42 Å². The van der Waals surface area contributed by atoms with Crippen molar-refractivity contribution in [3.63, 3.8) is 0 Å². The molecule has 3 aliphatic carbocycles. The average Bonchev–Trinajstić information content (AvgIpc) is 2.94. The van der Waals surface area contributed by atoms with Crippen LogP contribution in [0.1, 0.15) is 52.4 Å². The highest BCUT2D eigenvalue weighted by molar-refractivity contribution is 5.76. The number of carbonyl (C=O) groups is 1. The second kappa shape index (κ2) is 2.41. The van der Waals surface area contributed by atoms with E-state index < -0.39 is 5.97 Å². The number of carboxylic acids is 1. The monoisotopic (exact) mass is 208 g/mol. The Labute approximate surface area is 91.1 Å². The van der Waals surface area contributed by atoms with Crippen molar-refractivity contribution in [2.75, 3.05) is 0 Å². The third kappa shape index (κ3) is 0.938. The topological polar surface area (TPSA) is 37.3 Å². The van der Waals surface area contributed by atoms with Crippen molar-refractivity contribution in [1.29, 1.82) is 0 Å². The smallest absolute Gasteiger partial charge is 0.307 e. The molecule has 2 nitrogen and oxygen atoms in total. The summed E-state index contributed by atoms with van der Waals surface area (Å²) in [6.07, 6.45) is 7.29. The van der Waals surface area contributed by atoms with Gasteiger partial charge in [0.25, 0.3) is 0 Å². The molecule has 3 fully saturated rings. The molecule has 0 aliphatic heterocycles. The number of hydrogen-bond acceptors (Lipinski definition) is 1. The van der Waals surface area contributed by atoms with Crippen LogP contribution in [-0.2, 0) is 4.79 Å². The van der Waals surface area contributed by atoms with Gasteiger partial charge in [-0.1, -0.05) is 20.3 Å². The lowest BCUT2D eigenvalue weighted by Gasteiger charge is -2.49. The Bertz CT molecular complexity index is 325. The van der Waals surface area contributed by atoms with Crippen molar-refractivity contribution in [3.05, 3.63) is 0 Å². The van der Waals surface area contributed by atoms with Crippen LogP contribution in [0.2, 0.25) is 0 Å². The van der Waals surface area contributed by atoms with Crippen LogP contribution in [-0.4, -0.2) is 11.1 Å². The molecule has 0 saturated heterocycles. The van der Waals surface area contributed by atoms with Crippen molar-refractivity contribution in [2.45, 2.75) is 52.4 Å². The lowest BCUT2D eigenvalue weighted by atomic mass is 9.55. The summed E-state index contributed by atoms with van der Waals surface area (Å²) >= 11 is 0. The Morgan fingerprint density at radius 3 is 1.93 bits per heavy atom. The highest BCUT2D eigenvalue weighted by Crippen LogP contribution is 2.82. The Hall–Kier alpha value is -0.530. The molecule has 0 bridgehead atoms. The second-order valence-corrected chi connectivity index (χ2v) is 6.54. The summed E-state index contributed by atoms with van der Waals surface area (Å²) in [6.45, 7) is 4.66. The number of rotatable bonds is 3. The molecule has 0 aromatic rings. The van der Waals surface area contributed by atoms with Crippen molar-refractivity contribution < 1.29 is 9.90 Å². The zero-order chi connectivity index (χ0) is 10.9. The predicted molar refractivity (Wildman–Crippen MR) is 57.5 cm³/mol. The van der Waals surface area contributed by atoms with E-state index in [1.807, 2.05) is 0 Å². The van der Waals surface area contributed by atoms with Crippen LogP contribution in [0, 0.1) is 22.2 Å². The van der Waals surface area contributed by atoms with Crippen LogP contribution in [0.15, 0.2) is 0 Å². The summed E-state index contributed by atoms with van der Waals surface area (Å²) < 4.78 is 0. The van der Waals surface area contributed by atoms with Crippen LogP contribution in [0.4, 0.5) is 0 Å². The van der Waals surface area contributed by atoms with E-state index in [4.69, 9.17) is 0 Å². The van der Waals surface area contributed by atoms with Gasteiger partial charge in [-0.3, -0.25) is 4.79 Å². The summed E-state index contributed by atoms with van der Waals surface area (Å²) in [5, 5.41) is 9.26.